The normalized spacial score (nSPS) is 10.5. The van der Waals surface area contributed by atoms with Gasteiger partial charge in [0.1, 0.15) is 11.5 Å². The molecule has 1 aromatic heterocycles. The summed E-state index contributed by atoms with van der Waals surface area (Å²) in [6.07, 6.45) is 3.32. The minimum Gasteiger partial charge on any atom is -0.461 e. The van der Waals surface area contributed by atoms with E-state index in [-0.39, 0.29) is 16.6 Å². The highest BCUT2D eigenvalue weighted by molar-refractivity contribution is 7.80. The van der Waals surface area contributed by atoms with E-state index in [4.69, 9.17) is 26.4 Å². The predicted octanol–water partition coefficient (Wildman–Crippen LogP) is 5.21. The molecular formula is C23H24N2O4S. The first-order valence-corrected chi connectivity index (χ1v) is 10.1. The molecule has 0 saturated heterocycles. The van der Waals surface area contributed by atoms with Crippen LogP contribution >= 0.6 is 12.2 Å². The number of fused-ring (bicyclic) bond motifs is 1. The summed E-state index contributed by atoms with van der Waals surface area (Å²) in [5.41, 5.74) is 0.0968. The molecule has 6 nitrogen and oxygen atoms in total. The van der Waals surface area contributed by atoms with Gasteiger partial charge in [-0.15, -0.1) is 0 Å². The molecule has 3 aromatic rings. The molecular weight excluding hydrogens is 400 g/mol. The smallest absolute Gasteiger partial charge is 0.360 e. The number of thiocarbonyl (C=S) groups is 1. The highest BCUT2D eigenvalue weighted by Gasteiger charge is 2.21. The molecule has 1 heterocycles. The third kappa shape index (κ3) is 5.24. The summed E-state index contributed by atoms with van der Waals surface area (Å²) in [6.45, 7) is 2.36. The predicted molar refractivity (Wildman–Crippen MR) is 120 cm³/mol. The number of para-hydroxylation sites is 1. The number of hydrogen-bond acceptors (Lipinski definition) is 6. The van der Waals surface area contributed by atoms with Crippen molar-refractivity contribution in [1.29, 1.82) is 0 Å². The third-order valence-corrected chi connectivity index (χ3v) is 4.72. The summed E-state index contributed by atoms with van der Waals surface area (Å²) in [5, 5.41) is 1.67. The topological polar surface area (TPSA) is 60.9 Å². The van der Waals surface area contributed by atoms with Crippen molar-refractivity contribution in [3.05, 3.63) is 60.4 Å². The number of unbranched alkanes of at least 4 members (excludes halogenated alkanes) is 1. The second-order valence-electron chi connectivity index (χ2n) is 6.85. The van der Waals surface area contributed by atoms with Gasteiger partial charge in [0.05, 0.1) is 6.61 Å². The summed E-state index contributed by atoms with van der Waals surface area (Å²) < 4.78 is 17.1. The lowest BCUT2D eigenvalue weighted by molar-refractivity contribution is 0.0490. The minimum atomic E-state index is -0.536. The zero-order valence-corrected chi connectivity index (χ0v) is 18.1. The van der Waals surface area contributed by atoms with Gasteiger partial charge < -0.3 is 19.1 Å². The molecule has 0 amide bonds. The SMILES string of the molecule is CCCCOC(=O)c1ncc2cc(Oc3ccccc3)ccc2c1OC(=S)N(C)C. The minimum absolute atomic E-state index is 0.0968. The zero-order valence-electron chi connectivity index (χ0n) is 17.3. The van der Waals surface area contributed by atoms with Crippen molar-refractivity contribution in [3.63, 3.8) is 0 Å². The number of rotatable bonds is 7. The second kappa shape index (κ2) is 10.0. The van der Waals surface area contributed by atoms with Crippen LogP contribution in [-0.4, -0.2) is 41.7 Å². The number of nitrogens with zero attached hydrogens (tertiary/aromatic N) is 2. The standard InChI is InChI=1S/C23H24N2O4S/c1-4-5-13-27-22(26)20-21(29-23(30)25(2)3)19-12-11-18(14-16(19)15-24-20)28-17-9-7-6-8-10-17/h6-12,14-15H,4-5,13H2,1-3H3. The Morgan fingerprint density at radius 2 is 1.87 bits per heavy atom. The van der Waals surface area contributed by atoms with E-state index in [2.05, 4.69) is 4.98 Å². The molecule has 30 heavy (non-hydrogen) atoms. The van der Waals surface area contributed by atoms with Crippen LogP contribution in [-0.2, 0) is 4.74 Å². The molecule has 7 heteroatoms. The summed E-state index contributed by atoms with van der Waals surface area (Å²) >= 11 is 5.29. The van der Waals surface area contributed by atoms with Crippen LogP contribution in [0.1, 0.15) is 30.3 Å². The molecule has 0 N–H and O–H groups in total. The highest BCUT2D eigenvalue weighted by Crippen LogP contribution is 2.33. The Labute approximate surface area is 181 Å². The molecule has 0 spiro atoms. The lowest BCUT2D eigenvalue weighted by Crippen LogP contribution is -2.26. The van der Waals surface area contributed by atoms with E-state index < -0.39 is 5.97 Å². The van der Waals surface area contributed by atoms with E-state index in [1.54, 1.807) is 25.2 Å². The van der Waals surface area contributed by atoms with Crippen LogP contribution in [0.2, 0.25) is 0 Å². The highest BCUT2D eigenvalue weighted by atomic mass is 32.1. The number of carbonyl (C=O) groups excluding carboxylic acids is 1. The average Bonchev–Trinajstić information content (AvgIpc) is 2.74. The number of ether oxygens (including phenoxy) is 3. The van der Waals surface area contributed by atoms with E-state index in [9.17, 15) is 4.79 Å². The van der Waals surface area contributed by atoms with E-state index in [0.717, 1.165) is 24.0 Å². The van der Waals surface area contributed by atoms with Crippen LogP contribution in [0.5, 0.6) is 17.2 Å². The number of esters is 1. The molecule has 2 aromatic carbocycles. The number of pyridine rings is 1. The number of benzene rings is 2. The van der Waals surface area contributed by atoms with Gasteiger partial charge in [-0.25, -0.2) is 9.78 Å². The second-order valence-corrected chi connectivity index (χ2v) is 7.20. The van der Waals surface area contributed by atoms with E-state index in [0.29, 0.717) is 17.7 Å². The Hall–Kier alpha value is -3.19. The number of aromatic nitrogens is 1. The monoisotopic (exact) mass is 424 g/mol. The summed E-state index contributed by atoms with van der Waals surface area (Å²) in [5.74, 6) is 1.12. The molecule has 156 valence electrons. The zero-order chi connectivity index (χ0) is 21.5. The first kappa shape index (κ1) is 21.5. The molecule has 0 unspecified atom stereocenters. The molecule has 0 bridgehead atoms. The van der Waals surface area contributed by atoms with Crippen molar-refractivity contribution in [2.45, 2.75) is 19.8 Å². The van der Waals surface area contributed by atoms with Crippen LogP contribution in [0.25, 0.3) is 10.8 Å². The van der Waals surface area contributed by atoms with E-state index >= 15 is 0 Å². The molecule has 0 saturated carbocycles. The van der Waals surface area contributed by atoms with Crippen molar-refractivity contribution < 1.29 is 19.0 Å². The first-order chi connectivity index (χ1) is 14.5. The lowest BCUT2D eigenvalue weighted by atomic mass is 10.1. The average molecular weight is 425 g/mol. The maximum atomic E-state index is 12.6. The van der Waals surface area contributed by atoms with Crippen molar-refractivity contribution in [2.75, 3.05) is 20.7 Å². The molecule has 0 fully saturated rings. The van der Waals surface area contributed by atoms with Crippen LogP contribution in [0.4, 0.5) is 0 Å². The Kier molecular flexibility index (Phi) is 7.19. The molecule has 0 radical (unpaired) electrons. The maximum Gasteiger partial charge on any atom is 0.360 e. The van der Waals surface area contributed by atoms with Gasteiger partial charge in [0.2, 0.25) is 0 Å². The molecule has 0 aliphatic rings. The summed E-state index contributed by atoms with van der Waals surface area (Å²) in [7, 11) is 3.54. The molecule has 3 rings (SSSR count). The Bertz CT molecular complexity index is 1040. The van der Waals surface area contributed by atoms with Gasteiger partial charge >= 0.3 is 5.97 Å². The first-order valence-electron chi connectivity index (χ1n) is 9.71. The lowest BCUT2D eigenvalue weighted by Gasteiger charge is -2.17. The van der Waals surface area contributed by atoms with E-state index in [1.165, 1.54) is 0 Å². The van der Waals surface area contributed by atoms with Gasteiger partial charge in [0.25, 0.3) is 5.17 Å². The Morgan fingerprint density at radius 1 is 1.10 bits per heavy atom. The fraction of sp³-hybridized carbons (Fsp3) is 0.261. The summed E-state index contributed by atoms with van der Waals surface area (Å²) in [4.78, 5) is 18.6. The third-order valence-electron chi connectivity index (χ3n) is 4.27. The van der Waals surface area contributed by atoms with Crippen LogP contribution < -0.4 is 9.47 Å². The molecule has 0 atom stereocenters. The van der Waals surface area contributed by atoms with Crippen molar-refractivity contribution in [1.82, 2.24) is 9.88 Å². The van der Waals surface area contributed by atoms with Gasteiger partial charge in [-0.1, -0.05) is 31.5 Å². The van der Waals surface area contributed by atoms with Gasteiger partial charge in [0.15, 0.2) is 11.4 Å². The van der Waals surface area contributed by atoms with Crippen LogP contribution in [0.3, 0.4) is 0 Å². The van der Waals surface area contributed by atoms with Crippen LogP contribution in [0.15, 0.2) is 54.7 Å². The van der Waals surface area contributed by atoms with E-state index in [1.807, 2.05) is 55.5 Å². The van der Waals surface area contributed by atoms with Crippen molar-refractivity contribution in [3.8, 4) is 17.2 Å². The quantitative estimate of drug-likeness (QED) is 0.293. The van der Waals surface area contributed by atoms with Crippen molar-refractivity contribution in [2.24, 2.45) is 0 Å². The number of carbonyl (C=O) groups is 1. The van der Waals surface area contributed by atoms with Gasteiger partial charge in [-0.2, -0.15) is 0 Å². The fourth-order valence-electron chi connectivity index (χ4n) is 2.67. The molecule has 0 aliphatic carbocycles. The van der Waals surface area contributed by atoms with Gasteiger partial charge in [0, 0.05) is 31.1 Å². The molecule has 0 aliphatic heterocycles. The summed E-state index contributed by atoms with van der Waals surface area (Å²) in [6, 6.07) is 15.0. The number of hydrogen-bond donors (Lipinski definition) is 0. The fourth-order valence-corrected chi connectivity index (χ4v) is 2.75. The van der Waals surface area contributed by atoms with Crippen LogP contribution in [0, 0.1) is 0 Å². The van der Waals surface area contributed by atoms with Gasteiger partial charge in [-0.05, 0) is 49.0 Å². The van der Waals surface area contributed by atoms with Crippen molar-refractivity contribution >= 4 is 34.1 Å². The van der Waals surface area contributed by atoms with Gasteiger partial charge in [-0.3, -0.25) is 0 Å². The Balaban J connectivity index is 1.98. The Morgan fingerprint density at radius 3 is 2.57 bits per heavy atom. The maximum absolute atomic E-state index is 12.6. The largest absolute Gasteiger partial charge is 0.461 e.